The Morgan fingerprint density at radius 2 is 1.88 bits per heavy atom. The SMILES string of the molecule is CCCCC1=CC2CCC1C2.CCCCOC(=O)C1CC2C=CC1C2. The molecule has 25 heavy (non-hydrogen) atoms. The van der Waals surface area contributed by atoms with Crippen molar-refractivity contribution in [3.05, 3.63) is 23.8 Å². The van der Waals surface area contributed by atoms with Crippen molar-refractivity contribution in [2.45, 2.75) is 78.1 Å². The topological polar surface area (TPSA) is 26.3 Å². The van der Waals surface area contributed by atoms with Gasteiger partial charge in [0.15, 0.2) is 0 Å². The molecular weight excluding hydrogens is 308 g/mol. The van der Waals surface area contributed by atoms with Crippen LogP contribution in [-0.4, -0.2) is 12.6 Å². The van der Waals surface area contributed by atoms with Crippen LogP contribution in [-0.2, 0) is 9.53 Å². The average Bonchev–Trinajstić information content (AvgIpc) is 3.41. The van der Waals surface area contributed by atoms with Crippen LogP contribution in [0.5, 0.6) is 0 Å². The zero-order valence-electron chi connectivity index (χ0n) is 16.2. The number of ether oxygens (including phenoxy) is 1. The van der Waals surface area contributed by atoms with E-state index in [1.54, 1.807) is 0 Å². The minimum atomic E-state index is 0.0373. The molecule has 0 aliphatic heterocycles. The third-order valence-corrected chi connectivity index (χ3v) is 6.59. The molecule has 0 aromatic carbocycles. The highest BCUT2D eigenvalue weighted by Crippen LogP contribution is 2.45. The molecule has 0 aromatic heterocycles. The number of carbonyl (C=O) groups excluding carboxylic acids is 1. The summed E-state index contributed by atoms with van der Waals surface area (Å²) in [5.74, 6) is 3.36. The van der Waals surface area contributed by atoms with Crippen molar-refractivity contribution in [1.29, 1.82) is 0 Å². The van der Waals surface area contributed by atoms with Crippen LogP contribution >= 0.6 is 0 Å². The normalized spacial score (nSPS) is 34.0. The molecule has 4 rings (SSSR count). The molecule has 0 saturated heterocycles. The number of carbonyl (C=O) groups is 1. The van der Waals surface area contributed by atoms with Crippen molar-refractivity contribution in [2.75, 3.05) is 6.61 Å². The number of allylic oxidation sites excluding steroid dienone is 4. The Balaban J connectivity index is 0.000000150. The van der Waals surface area contributed by atoms with Crippen LogP contribution in [0.1, 0.15) is 78.1 Å². The zero-order chi connectivity index (χ0) is 17.6. The molecule has 0 radical (unpaired) electrons. The predicted octanol–water partition coefficient (Wildman–Crippen LogP) is 6.07. The second kappa shape index (κ2) is 9.05. The van der Waals surface area contributed by atoms with Crippen LogP contribution in [0.15, 0.2) is 23.8 Å². The summed E-state index contributed by atoms with van der Waals surface area (Å²) < 4.78 is 5.25. The maximum absolute atomic E-state index is 11.7. The largest absolute Gasteiger partial charge is 0.465 e. The van der Waals surface area contributed by atoms with Crippen LogP contribution in [0.2, 0.25) is 0 Å². The number of fused-ring (bicyclic) bond motifs is 4. The molecule has 4 aliphatic rings. The molecule has 0 heterocycles. The smallest absolute Gasteiger partial charge is 0.309 e. The lowest BCUT2D eigenvalue weighted by Gasteiger charge is -2.16. The summed E-state index contributed by atoms with van der Waals surface area (Å²) in [4.78, 5) is 11.7. The van der Waals surface area contributed by atoms with Gasteiger partial charge in [0.25, 0.3) is 0 Å². The van der Waals surface area contributed by atoms with Crippen LogP contribution in [0.3, 0.4) is 0 Å². The zero-order valence-corrected chi connectivity index (χ0v) is 16.2. The highest BCUT2D eigenvalue weighted by molar-refractivity contribution is 5.74. The van der Waals surface area contributed by atoms with E-state index in [1.165, 1.54) is 44.9 Å². The summed E-state index contributed by atoms with van der Waals surface area (Å²) in [5, 5.41) is 0. The minimum Gasteiger partial charge on any atom is -0.465 e. The highest BCUT2D eigenvalue weighted by atomic mass is 16.5. The van der Waals surface area contributed by atoms with Crippen molar-refractivity contribution in [3.63, 3.8) is 0 Å². The number of unbranched alkanes of at least 4 members (excludes halogenated alkanes) is 2. The van der Waals surface area contributed by atoms with Gasteiger partial charge in [-0.3, -0.25) is 4.79 Å². The van der Waals surface area contributed by atoms with Gasteiger partial charge < -0.3 is 4.74 Å². The average molecular weight is 345 g/mol. The molecule has 4 bridgehead atoms. The van der Waals surface area contributed by atoms with Gasteiger partial charge in [0.05, 0.1) is 12.5 Å². The van der Waals surface area contributed by atoms with Gasteiger partial charge in [-0.15, -0.1) is 0 Å². The van der Waals surface area contributed by atoms with Crippen molar-refractivity contribution >= 4 is 5.97 Å². The molecule has 0 aromatic rings. The van der Waals surface area contributed by atoms with Crippen molar-refractivity contribution in [3.8, 4) is 0 Å². The lowest BCUT2D eigenvalue weighted by Crippen LogP contribution is -2.21. The Labute approximate surface area is 154 Å². The van der Waals surface area contributed by atoms with Crippen molar-refractivity contribution in [2.24, 2.45) is 29.6 Å². The first kappa shape index (κ1) is 18.7. The van der Waals surface area contributed by atoms with E-state index >= 15 is 0 Å². The summed E-state index contributed by atoms with van der Waals surface area (Å²) in [5.41, 5.74) is 1.81. The maximum atomic E-state index is 11.7. The van der Waals surface area contributed by atoms with Crippen LogP contribution in [0.25, 0.3) is 0 Å². The number of rotatable bonds is 7. The molecule has 5 atom stereocenters. The van der Waals surface area contributed by atoms with Crippen LogP contribution in [0.4, 0.5) is 0 Å². The van der Waals surface area contributed by atoms with E-state index in [9.17, 15) is 4.79 Å². The first-order valence-electron chi connectivity index (χ1n) is 10.8. The van der Waals surface area contributed by atoms with Crippen LogP contribution < -0.4 is 0 Å². The summed E-state index contributed by atoms with van der Waals surface area (Å²) >= 11 is 0. The number of hydrogen-bond donors (Lipinski definition) is 0. The fourth-order valence-corrected chi connectivity index (χ4v) is 5.09. The first-order chi connectivity index (χ1) is 12.2. The van der Waals surface area contributed by atoms with Gasteiger partial charge >= 0.3 is 5.97 Å². The molecular formula is C23H36O2. The predicted molar refractivity (Wildman–Crippen MR) is 103 cm³/mol. The van der Waals surface area contributed by atoms with Gasteiger partial charge in [-0.25, -0.2) is 0 Å². The van der Waals surface area contributed by atoms with Gasteiger partial charge in [-0.05, 0) is 75.0 Å². The first-order valence-corrected chi connectivity index (χ1v) is 10.8. The third kappa shape index (κ3) is 4.77. The monoisotopic (exact) mass is 344 g/mol. The van der Waals surface area contributed by atoms with Gasteiger partial charge in [0, 0.05) is 0 Å². The molecule has 5 unspecified atom stereocenters. The van der Waals surface area contributed by atoms with E-state index in [2.05, 4.69) is 32.1 Å². The molecule has 2 saturated carbocycles. The van der Waals surface area contributed by atoms with Gasteiger partial charge in [-0.1, -0.05) is 50.5 Å². The Kier molecular flexibility index (Phi) is 6.78. The molecule has 2 heteroatoms. The molecule has 2 nitrogen and oxygen atoms in total. The van der Waals surface area contributed by atoms with E-state index in [1.807, 2.05) is 5.57 Å². The number of hydrogen-bond acceptors (Lipinski definition) is 2. The van der Waals surface area contributed by atoms with Gasteiger partial charge in [-0.2, -0.15) is 0 Å². The van der Waals surface area contributed by atoms with Crippen LogP contribution in [0, 0.1) is 29.6 Å². The standard InChI is InChI=1S/C12H18O2.C11H18/c1-2-3-6-14-12(13)11-8-9-4-5-10(11)7-9;1-2-3-4-10-7-9-5-6-11(10)8-9/h4-5,9-11H,2-3,6-8H2,1H3;7,9,11H,2-6,8H2,1H3. The van der Waals surface area contributed by atoms with E-state index < -0.39 is 0 Å². The van der Waals surface area contributed by atoms with E-state index in [0.717, 1.165) is 31.1 Å². The highest BCUT2D eigenvalue weighted by Gasteiger charge is 2.40. The lowest BCUT2D eigenvalue weighted by molar-refractivity contribution is -0.149. The summed E-state index contributed by atoms with van der Waals surface area (Å²) in [6.07, 6.45) is 19.9. The van der Waals surface area contributed by atoms with Gasteiger partial charge in [0.1, 0.15) is 0 Å². The molecule has 4 aliphatic carbocycles. The summed E-state index contributed by atoms with van der Waals surface area (Å²) in [6, 6.07) is 0. The number of esters is 1. The van der Waals surface area contributed by atoms with E-state index in [4.69, 9.17) is 4.74 Å². The summed E-state index contributed by atoms with van der Waals surface area (Å²) in [7, 11) is 0. The Morgan fingerprint density at radius 3 is 2.44 bits per heavy atom. The Morgan fingerprint density at radius 1 is 1.04 bits per heavy atom. The maximum Gasteiger partial charge on any atom is 0.309 e. The van der Waals surface area contributed by atoms with Crippen molar-refractivity contribution < 1.29 is 9.53 Å². The van der Waals surface area contributed by atoms with E-state index in [-0.39, 0.29) is 11.9 Å². The third-order valence-electron chi connectivity index (χ3n) is 6.59. The van der Waals surface area contributed by atoms with Gasteiger partial charge in [0.2, 0.25) is 0 Å². The second-order valence-electron chi connectivity index (χ2n) is 8.52. The molecule has 0 amide bonds. The summed E-state index contributed by atoms with van der Waals surface area (Å²) in [6.45, 7) is 4.99. The quantitative estimate of drug-likeness (QED) is 0.318. The van der Waals surface area contributed by atoms with Crippen molar-refractivity contribution in [1.82, 2.24) is 0 Å². The second-order valence-corrected chi connectivity index (χ2v) is 8.52. The molecule has 140 valence electrons. The molecule has 0 N–H and O–H groups in total. The molecule has 0 spiro atoms. The minimum absolute atomic E-state index is 0.0373. The Bertz CT molecular complexity index is 504. The Hall–Kier alpha value is -1.05. The fraction of sp³-hybridized carbons (Fsp3) is 0.783. The van der Waals surface area contributed by atoms with E-state index in [0.29, 0.717) is 18.4 Å². The molecule has 2 fully saturated rings. The lowest BCUT2D eigenvalue weighted by atomic mass is 9.94. The fourth-order valence-electron chi connectivity index (χ4n) is 5.09.